The first-order valence-electron chi connectivity index (χ1n) is 6.55. The summed E-state index contributed by atoms with van der Waals surface area (Å²) in [7, 11) is 0. The van der Waals surface area contributed by atoms with Crippen molar-refractivity contribution in [3.8, 4) is 11.5 Å². The molecule has 0 amide bonds. The molecule has 2 aromatic rings. The first-order chi connectivity index (χ1) is 9.60. The Kier molecular flexibility index (Phi) is 4.45. The Bertz CT molecular complexity index is 599. The van der Waals surface area contributed by atoms with E-state index in [-0.39, 0.29) is 5.75 Å². The number of phenolic OH excluding ortho intramolecular Hbond substituents is 1. The Labute approximate surface area is 118 Å². The Morgan fingerprint density at radius 1 is 1.20 bits per heavy atom. The van der Waals surface area contributed by atoms with Crippen LogP contribution in [-0.4, -0.2) is 11.7 Å². The molecule has 3 nitrogen and oxygen atoms in total. The molecule has 0 saturated carbocycles. The average molecular weight is 275 g/mol. The lowest BCUT2D eigenvalue weighted by Gasteiger charge is -2.13. The minimum Gasteiger partial charge on any atom is -0.505 e. The summed E-state index contributed by atoms with van der Waals surface area (Å²) in [6.45, 7) is 4.98. The molecular weight excluding hydrogens is 257 g/mol. The lowest BCUT2D eigenvalue weighted by molar-refractivity contribution is 0.341. The van der Waals surface area contributed by atoms with E-state index in [1.807, 2.05) is 32.0 Å². The van der Waals surface area contributed by atoms with Gasteiger partial charge in [-0.1, -0.05) is 12.1 Å². The van der Waals surface area contributed by atoms with Gasteiger partial charge in [-0.2, -0.15) is 0 Å². The minimum atomic E-state index is -0.613. The molecular formula is C16H18FNO2. The Morgan fingerprint density at radius 2 is 2.00 bits per heavy atom. The van der Waals surface area contributed by atoms with Gasteiger partial charge in [0.2, 0.25) is 0 Å². The summed E-state index contributed by atoms with van der Waals surface area (Å²) >= 11 is 0. The third kappa shape index (κ3) is 3.41. The lowest BCUT2D eigenvalue weighted by atomic mass is 10.2. The van der Waals surface area contributed by atoms with E-state index in [0.29, 0.717) is 13.2 Å². The van der Waals surface area contributed by atoms with E-state index in [1.54, 1.807) is 6.07 Å². The number of anilines is 1. The normalized spacial score (nSPS) is 10.3. The second-order valence-corrected chi connectivity index (χ2v) is 4.57. The molecule has 0 heterocycles. The van der Waals surface area contributed by atoms with Gasteiger partial charge in [-0.15, -0.1) is 0 Å². The molecule has 4 heteroatoms. The van der Waals surface area contributed by atoms with Crippen LogP contribution in [0.3, 0.4) is 0 Å². The largest absolute Gasteiger partial charge is 0.505 e. The van der Waals surface area contributed by atoms with Crippen LogP contribution in [0, 0.1) is 12.7 Å². The monoisotopic (exact) mass is 275 g/mol. The maximum absolute atomic E-state index is 13.3. The van der Waals surface area contributed by atoms with Crippen LogP contribution in [0.2, 0.25) is 0 Å². The average Bonchev–Trinajstić information content (AvgIpc) is 2.42. The van der Waals surface area contributed by atoms with E-state index in [4.69, 9.17) is 9.84 Å². The topological polar surface area (TPSA) is 41.5 Å². The molecule has 0 atom stereocenters. The fourth-order valence-corrected chi connectivity index (χ4v) is 1.91. The molecule has 0 bridgehead atoms. The molecule has 0 aliphatic rings. The second kappa shape index (κ2) is 6.28. The van der Waals surface area contributed by atoms with Crippen LogP contribution in [0.15, 0.2) is 36.4 Å². The zero-order valence-corrected chi connectivity index (χ0v) is 11.6. The van der Waals surface area contributed by atoms with Gasteiger partial charge < -0.3 is 15.2 Å². The van der Waals surface area contributed by atoms with Crippen LogP contribution in [0.1, 0.15) is 18.1 Å². The molecule has 0 aliphatic carbocycles. The van der Waals surface area contributed by atoms with Crippen molar-refractivity contribution in [1.82, 2.24) is 0 Å². The highest BCUT2D eigenvalue weighted by molar-refractivity contribution is 5.58. The first kappa shape index (κ1) is 14.2. The van der Waals surface area contributed by atoms with E-state index < -0.39 is 5.82 Å². The fourth-order valence-electron chi connectivity index (χ4n) is 1.91. The van der Waals surface area contributed by atoms with Gasteiger partial charge >= 0.3 is 0 Å². The highest BCUT2D eigenvalue weighted by Gasteiger charge is 2.05. The van der Waals surface area contributed by atoms with Crippen LogP contribution in [-0.2, 0) is 6.54 Å². The number of hydrogen-bond donors (Lipinski definition) is 2. The van der Waals surface area contributed by atoms with Crippen LogP contribution in [0.25, 0.3) is 0 Å². The van der Waals surface area contributed by atoms with E-state index in [0.717, 1.165) is 22.6 Å². The number of nitrogens with one attached hydrogen (secondary N) is 1. The van der Waals surface area contributed by atoms with Crippen molar-refractivity contribution in [2.24, 2.45) is 0 Å². The highest BCUT2D eigenvalue weighted by atomic mass is 19.1. The molecule has 0 aliphatic heterocycles. The van der Waals surface area contributed by atoms with Gasteiger partial charge in [0.25, 0.3) is 0 Å². The number of hydrogen-bond acceptors (Lipinski definition) is 3. The van der Waals surface area contributed by atoms with Crippen molar-refractivity contribution >= 4 is 5.69 Å². The van der Waals surface area contributed by atoms with Gasteiger partial charge in [0.15, 0.2) is 11.6 Å². The lowest BCUT2D eigenvalue weighted by Crippen LogP contribution is -2.03. The summed E-state index contributed by atoms with van der Waals surface area (Å²) < 4.78 is 18.8. The molecule has 0 unspecified atom stereocenters. The zero-order chi connectivity index (χ0) is 14.5. The van der Waals surface area contributed by atoms with E-state index >= 15 is 0 Å². The quantitative estimate of drug-likeness (QED) is 0.871. The van der Waals surface area contributed by atoms with Crippen molar-refractivity contribution < 1.29 is 14.2 Å². The Hall–Kier alpha value is -2.23. The van der Waals surface area contributed by atoms with Crippen molar-refractivity contribution in [3.63, 3.8) is 0 Å². The third-order valence-electron chi connectivity index (χ3n) is 2.93. The van der Waals surface area contributed by atoms with Crippen LogP contribution in [0.4, 0.5) is 10.1 Å². The number of ether oxygens (including phenoxy) is 1. The summed E-state index contributed by atoms with van der Waals surface area (Å²) in [6, 6.07) is 10.2. The smallest absolute Gasteiger partial charge is 0.165 e. The molecule has 0 saturated heterocycles. The molecule has 2 N–H and O–H groups in total. The maximum Gasteiger partial charge on any atom is 0.165 e. The fraction of sp³-hybridized carbons (Fsp3) is 0.250. The van der Waals surface area contributed by atoms with Crippen LogP contribution < -0.4 is 10.1 Å². The van der Waals surface area contributed by atoms with E-state index in [2.05, 4.69) is 5.32 Å². The predicted octanol–water partition coefficient (Wildman–Crippen LogP) is 3.85. The molecule has 20 heavy (non-hydrogen) atoms. The Morgan fingerprint density at radius 3 is 2.70 bits per heavy atom. The van der Waals surface area contributed by atoms with Crippen molar-refractivity contribution in [2.45, 2.75) is 20.4 Å². The summed E-state index contributed by atoms with van der Waals surface area (Å²) in [5, 5.41) is 12.4. The molecule has 0 radical (unpaired) electrons. The number of halogens is 1. The van der Waals surface area contributed by atoms with E-state index in [9.17, 15) is 4.39 Å². The van der Waals surface area contributed by atoms with Crippen molar-refractivity contribution in [2.75, 3.05) is 11.9 Å². The minimum absolute atomic E-state index is 0.334. The zero-order valence-electron chi connectivity index (χ0n) is 11.6. The highest BCUT2D eigenvalue weighted by Crippen LogP contribution is 2.26. The summed E-state index contributed by atoms with van der Waals surface area (Å²) in [5.74, 6) is -0.163. The number of benzene rings is 2. The number of rotatable bonds is 5. The van der Waals surface area contributed by atoms with Crippen molar-refractivity contribution in [1.29, 1.82) is 0 Å². The van der Waals surface area contributed by atoms with Gasteiger partial charge in [0, 0.05) is 6.54 Å². The summed E-state index contributed by atoms with van der Waals surface area (Å²) in [4.78, 5) is 0. The second-order valence-electron chi connectivity index (χ2n) is 4.57. The molecule has 2 rings (SSSR count). The third-order valence-corrected chi connectivity index (χ3v) is 2.93. The van der Waals surface area contributed by atoms with Gasteiger partial charge in [-0.25, -0.2) is 4.39 Å². The number of phenols is 1. The number of aryl methyl sites for hydroxylation is 1. The SMILES string of the molecule is CCOc1cc(C)ccc1NCc1ccc(O)c(F)c1. The van der Waals surface area contributed by atoms with Gasteiger partial charge in [-0.3, -0.25) is 0 Å². The summed E-state index contributed by atoms with van der Waals surface area (Å²) in [6.07, 6.45) is 0. The van der Waals surface area contributed by atoms with Gasteiger partial charge in [-0.05, 0) is 49.2 Å². The molecule has 0 aromatic heterocycles. The molecule has 0 spiro atoms. The number of aromatic hydroxyl groups is 1. The van der Waals surface area contributed by atoms with Gasteiger partial charge in [0.1, 0.15) is 5.75 Å². The Balaban J connectivity index is 2.11. The maximum atomic E-state index is 13.3. The predicted molar refractivity (Wildman–Crippen MR) is 77.7 cm³/mol. The first-order valence-corrected chi connectivity index (χ1v) is 6.55. The molecule has 0 fully saturated rings. The van der Waals surface area contributed by atoms with Crippen molar-refractivity contribution in [3.05, 3.63) is 53.3 Å². The standard InChI is InChI=1S/C16H18FNO2/c1-3-20-16-8-11(2)4-6-14(16)18-10-12-5-7-15(19)13(17)9-12/h4-9,18-19H,3,10H2,1-2H3. The molecule has 106 valence electrons. The van der Waals surface area contributed by atoms with Gasteiger partial charge in [0.05, 0.1) is 12.3 Å². The van der Waals surface area contributed by atoms with E-state index in [1.165, 1.54) is 12.1 Å². The molecule has 2 aromatic carbocycles. The van der Waals surface area contributed by atoms with Crippen LogP contribution >= 0.6 is 0 Å². The summed E-state index contributed by atoms with van der Waals surface area (Å²) in [5.41, 5.74) is 2.74. The van der Waals surface area contributed by atoms with Crippen LogP contribution in [0.5, 0.6) is 11.5 Å².